The number of unbranched alkanes of at least 4 members (excludes halogenated alkanes) is 5. The normalized spacial score (nSPS) is 12.6. The van der Waals surface area contributed by atoms with Crippen LogP contribution in [0.5, 0.6) is 0 Å². The highest BCUT2D eigenvalue weighted by molar-refractivity contribution is 5.66. The molecule has 1 heterocycles. The lowest BCUT2D eigenvalue weighted by Crippen LogP contribution is -2.49. The van der Waals surface area contributed by atoms with Crippen LogP contribution in [0.25, 0.3) is 0 Å². The van der Waals surface area contributed by atoms with Gasteiger partial charge in [-0.25, -0.2) is 9.13 Å². The molecule has 4 nitrogen and oxygen atoms in total. The van der Waals surface area contributed by atoms with Crippen LogP contribution < -0.4 is 9.67 Å². The number of carbonyl (C=O) groups excluding carboxylic acids is 1. The first-order valence-corrected chi connectivity index (χ1v) is 7.76. The Balaban J connectivity index is 2.62. The van der Waals surface area contributed by atoms with Gasteiger partial charge in [0.1, 0.15) is 17.9 Å². The van der Waals surface area contributed by atoms with Crippen LogP contribution in [-0.2, 0) is 18.3 Å². The standard InChI is InChI=1S/C16H28N2O2/c1-5-6-7-8-9-10-11-15-17(4)13(2)12-18(15)14(3)16(19)20/h12,14H,5-11H2,1-4H3. The first-order valence-electron chi connectivity index (χ1n) is 7.76. The highest BCUT2D eigenvalue weighted by Gasteiger charge is 2.22. The summed E-state index contributed by atoms with van der Waals surface area (Å²) >= 11 is 0. The maximum atomic E-state index is 11.1. The first-order chi connectivity index (χ1) is 9.49. The smallest absolute Gasteiger partial charge is 0.256 e. The molecule has 0 fully saturated rings. The van der Waals surface area contributed by atoms with Crippen LogP contribution in [0.4, 0.5) is 0 Å². The molecule has 0 bridgehead atoms. The molecule has 0 aliphatic rings. The number of aromatic nitrogens is 2. The van der Waals surface area contributed by atoms with E-state index in [1.165, 1.54) is 32.1 Å². The van der Waals surface area contributed by atoms with Crippen molar-refractivity contribution in [3.05, 3.63) is 17.7 Å². The molecule has 4 heteroatoms. The highest BCUT2D eigenvalue weighted by atomic mass is 16.4. The Hall–Kier alpha value is -1.32. The fourth-order valence-electron chi connectivity index (χ4n) is 2.55. The summed E-state index contributed by atoms with van der Waals surface area (Å²) in [6.07, 6.45) is 10.3. The Morgan fingerprint density at radius 1 is 1.30 bits per heavy atom. The van der Waals surface area contributed by atoms with E-state index >= 15 is 0 Å². The fraction of sp³-hybridized carbons (Fsp3) is 0.750. The zero-order valence-electron chi connectivity index (χ0n) is 13.3. The first kappa shape index (κ1) is 16.7. The molecule has 0 N–H and O–H groups in total. The molecule has 20 heavy (non-hydrogen) atoms. The summed E-state index contributed by atoms with van der Waals surface area (Å²) in [6, 6.07) is -0.606. The number of imidazole rings is 1. The predicted molar refractivity (Wildman–Crippen MR) is 77.1 cm³/mol. The van der Waals surface area contributed by atoms with Gasteiger partial charge in [-0.3, -0.25) is 0 Å². The number of hydrogen-bond acceptors (Lipinski definition) is 2. The SMILES string of the molecule is CCCCCCCCc1n(C)c(C)c[n+]1C(C)C(=O)[O-]. The van der Waals surface area contributed by atoms with E-state index in [0.717, 1.165) is 24.4 Å². The molecule has 0 spiro atoms. The Labute approximate surface area is 122 Å². The second-order valence-corrected chi connectivity index (χ2v) is 5.67. The number of rotatable bonds is 9. The molecule has 114 valence electrons. The van der Waals surface area contributed by atoms with Crippen LogP contribution >= 0.6 is 0 Å². The summed E-state index contributed by atoms with van der Waals surface area (Å²) in [4.78, 5) is 11.1. The van der Waals surface area contributed by atoms with E-state index < -0.39 is 12.0 Å². The lowest BCUT2D eigenvalue weighted by Gasteiger charge is -2.11. The zero-order chi connectivity index (χ0) is 15.1. The highest BCUT2D eigenvalue weighted by Crippen LogP contribution is 2.11. The lowest BCUT2D eigenvalue weighted by molar-refractivity contribution is -0.719. The molecule has 0 amide bonds. The Kier molecular flexibility index (Phi) is 6.76. The maximum absolute atomic E-state index is 11.1. The van der Waals surface area contributed by atoms with E-state index in [1.54, 1.807) is 6.92 Å². The third-order valence-corrected chi connectivity index (χ3v) is 4.05. The van der Waals surface area contributed by atoms with Gasteiger partial charge in [-0.15, -0.1) is 0 Å². The molecule has 0 radical (unpaired) electrons. The second kappa shape index (κ2) is 8.08. The third-order valence-electron chi connectivity index (χ3n) is 4.05. The summed E-state index contributed by atoms with van der Waals surface area (Å²) < 4.78 is 3.93. The van der Waals surface area contributed by atoms with E-state index in [9.17, 15) is 9.90 Å². The van der Waals surface area contributed by atoms with Crippen molar-refractivity contribution < 1.29 is 14.5 Å². The predicted octanol–water partition coefficient (Wildman–Crippen LogP) is 1.83. The number of carboxylic acids is 1. The summed E-state index contributed by atoms with van der Waals surface area (Å²) in [5.41, 5.74) is 1.08. The van der Waals surface area contributed by atoms with Crippen LogP contribution in [0.15, 0.2) is 6.20 Å². The van der Waals surface area contributed by atoms with Crippen LogP contribution in [0.1, 0.15) is 69.9 Å². The molecular formula is C16H28N2O2. The minimum Gasteiger partial charge on any atom is -0.546 e. The van der Waals surface area contributed by atoms with Gasteiger partial charge in [0, 0.05) is 13.3 Å². The van der Waals surface area contributed by atoms with Crippen molar-refractivity contribution in [2.45, 2.75) is 71.8 Å². The molecule has 1 unspecified atom stereocenters. The van der Waals surface area contributed by atoms with Crippen molar-refractivity contribution in [3.8, 4) is 0 Å². The molecule has 1 rings (SSSR count). The molecular weight excluding hydrogens is 252 g/mol. The van der Waals surface area contributed by atoms with Gasteiger partial charge in [-0.1, -0.05) is 39.0 Å². The van der Waals surface area contributed by atoms with Crippen molar-refractivity contribution in [3.63, 3.8) is 0 Å². The topological polar surface area (TPSA) is 48.9 Å². The van der Waals surface area contributed by atoms with Crippen molar-refractivity contribution >= 4 is 5.97 Å². The van der Waals surface area contributed by atoms with Gasteiger partial charge in [-0.2, -0.15) is 0 Å². The molecule has 1 aromatic heterocycles. The monoisotopic (exact) mass is 280 g/mol. The minimum atomic E-state index is -1.02. The molecule has 0 aromatic carbocycles. The molecule has 0 aliphatic heterocycles. The molecule has 1 aromatic rings. The summed E-state index contributed by atoms with van der Waals surface area (Å²) in [7, 11) is 2.00. The van der Waals surface area contributed by atoms with E-state index in [0.29, 0.717) is 0 Å². The van der Waals surface area contributed by atoms with E-state index in [1.807, 2.05) is 24.7 Å². The summed E-state index contributed by atoms with van der Waals surface area (Å²) in [5, 5.41) is 11.1. The van der Waals surface area contributed by atoms with Crippen LogP contribution in [0.3, 0.4) is 0 Å². The van der Waals surface area contributed by atoms with Gasteiger partial charge < -0.3 is 9.90 Å². The van der Waals surface area contributed by atoms with E-state index in [-0.39, 0.29) is 0 Å². The molecule has 0 saturated heterocycles. The largest absolute Gasteiger partial charge is 0.546 e. The van der Waals surface area contributed by atoms with Crippen molar-refractivity contribution in [1.82, 2.24) is 4.57 Å². The number of carbonyl (C=O) groups is 1. The number of nitrogens with zero attached hydrogens (tertiary/aromatic N) is 2. The van der Waals surface area contributed by atoms with Crippen molar-refractivity contribution in [2.75, 3.05) is 0 Å². The van der Waals surface area contributed by atoms with Crippen LogP contribution in [0.2, 0.25) is 0 Å². The maximum Gasteiger partial charge on any atom is 0.256 e. The summed E-state index contributed by atoms with van der Waals surface area (Å²) in [5.74, 6) is 0.0551. The van der Waals surface area contributed by atoms with E-state index in [4.69, 9.17) is 0 Å². The van der Waals surface area contributed by atoms with Gasteiger partial charge in [-0.05, 0) is 13.3 Å². The average molecular weight is 280 g/mol. The molecule has 0 saturated carbocycles. The number of hydrogen-bond donors (Lipinski definition) is 0. The molecule has 1 atom stereocenters. The number of aliphatic carboxylic acids is 1. The van der Waals surface area contributed by atoms with Gasteiger partial charge >= 0.3 is 0 Å². The fourth-order valence-corrected chi connectivity index (χ4v) is 2.55. The van der Waals surface area contributed by atoms with Gasteiger partial charge in [0.15, 0.2) is 0 Å². The van der Waals surface area contributed by atoms with Crippen LogP contribution in [0, 0.1) is 6.92 Å². The van der Waals surface area contributed by atoms with Crippen molar-refractivity contribution in [1.29, 1.82) is 0 Å². The Morgan fingerprint density at radius 3 is 2.50 bits per heavy atom. The third kappa shape index (κ3) is 4.36. The number of aryl methyl sites for hydroxylation is 1. The second-order valence-electron chi connectivity index (χ2n) is 5.67. The summed E-state index contributed by atoms with van der Waals surface area (Å²) in [6.45, 7) is 5.90. The van der Waals surface area contributed by atoms with Gasteiger partial charge in [0.05, 0.1) is 13.0 Å². The Morgan fingerprint density at radius 2 is 1.90 bits per heavy atom. The van der Waals surface area contributed by atoms with Gasteiger partial charge in [0.2, 0.25) is 0 Å². The quantitative estimate of drug-likeness (QED) is 0.512. The van der Waals surface area contributed by atoms with E-state index in [2.05, 4.69) is 11.5 Å². The lowest BCUT2D eigenvalue weighted by atomic mass is 10.1. The molecule has 0 aliphatic carbocycles. The average Bonchev–Trinajstić information content (AvgIpc) is 2.69. The van der Waals surface area contributed by atoms with Crippen LogP contribution in [-0.4, -0.2) is 10.5 Å². The van der Waals surface area contributed by atoms with Crippen molar-refractivity contribution in [2.24, 2.45) is 7.05 Å². The minimum absolute atomic E-state index is 0.606. The van der Waals surface area contributed by atoms with Gasteiger partial charge in [0.25, 0.3) is 5.82 Å². The zero-order valence-corrected chi connectivity index (χ0v) is 13.3. The number of carboxylic acid groups (broad SMARTS) is 1. The Bertz CT molecular complexity index is 438.